The van der Waals surface area contributed by atoms with E-state index in [1.54, 1.807) is 0 Å². The highest BCUT2D eigenvalue weighted by atomic mass is 35.5. The van der Waals surface area contributed by atoms with Crippen LogP contribution in [-0.4, -0.2) is 24.0 Å². The number of carbonyl (C=O) groups is 1. The van der Waals surface area contributed by atoms with Crippen molar-refractivity contribution in [1.82, 2.24) is 5.32 Å². The second-order valence-corrected chi connectivity index (χ2v) is 5.89. The Kier molecular flexibility index (Phi) is 9.56. The van der Waals surface area contributed by atoms with Crippen LogP contribution in [0, 0.1) is 10.1 Å². The zero-order valence-corrected chi connectivity index (χ0v) is 16.3. The highest BCUT2D eigenvalue weighted by Gasteiger charge is 2.16. The monoisotopic (exact) mass is 413 g/mol. The molecule has 0 aliphatic heterocycles. The maximum absolute atomic E-state index is 12.1. The third kappa shape index (κ3) is 7.05. The average Bonchev–Trinajstić information content (AvgIpc) is 2.62. The summed E-state index contributed by atoms with van der Waals surface area (Å²) in [7, 11) is 0. The number of rotatable bonds is 9. The van der Waals surface area contributed by atoms with Gasteiger partial charge >= 0.3 is 5.69 Å². The molecule has 0 aromatic heterocycles. The molecule has 7 nitrogen and oxygen atoms in total. The number of carbonyl (C=O) groups excluding carboxylic acids is 1. The Bertz CT molecular complexity index is 787. The SMILES string of the molecule is CCNCc1ccccc1NC(=O)CCOc1ccc(Cl)cc1[N+](=O)[O-].Cl. The minimum absolute atomic E-state index is 0. The molecular weight excluding hydrogens is 393 g/mol. The molecule has 146 valence electrons. The van der Waals surface area contributed by atoms with Gasteiger partial charge < -0.3 is 15.4 Å². The number of hydrogen-bond donors (Lipinski definition) is 2. The number of hydrogen-bond acceptors (Lipinski definition) is 5. The maximum atomic E-state index is 12.1. The van der Waals surface area contributed by atoms with Gasteiger partial charge in [-0.3, -0.25) is 14.9 Å². The number of anilines is 1. The molecule has 2 aromatic rings. The number of nitrogens with one attached hydrogen (secondary N) is 2. The van der Waals surface area contributed by atoms with Crippen LogP contribution in [0.15, 0.2) is 42.5 Å². The zero-order chi connectivity index (χ0) is 18.9. The fourth-order valence-electron chi connectivity index (χ4n) is 2.28. The highest BCUT2D eigenvalue weighted by Crippen LogP contribution is 2.29. The molecule has 2 rings (SSSR count). The summed E-state index contributed by atoms with van der Waals surface area (Å²) in [6.45, 7) is 3.51. The van der Waals surface area contributed by atoms with E-state index in [1.165, 1.54) is 18.2 Å². The summed E-state index contributed by atoms with van der Waals surface area (Å²) in [6.07, 6.45) is 0.0648. The van der Waals surface area contributed by atoms with Crippen molar-refractivity contribution in [2.75, 3.05) is 18.5 Å². The molecular formula is C18H21Cl2N3O4. The minimum atomic E-state index is -0.571. The second-order valence-electron chi connectivity index (χ2n) is 5.45. The standard InChI is InChI=1S/C18H20ClN3O4.ClH/c1-2-20-12-13-5-3-4-6-15(13)21-18(23)9-10-26-17-8-7-14(19)11-16(17)22(24)25;/h3-8,11,20H,2,9-10,12H2,1H3,(H,21,23);1H. The van der Waals surface area contributed by atoms with E-state index < -0.39 is 4.92 Å². The van der Waals surface area contributed by atoms with Crippen LogP contribution in [0.2, 0.25) is 5.02 Å². The summed E-state index contributed by atoms with van der Waals surface area (Å²) < 4.78 is 5.38. The maximum Gasteiger partial charge on any atom is 0.312 e. The van der Waals surface area contributed by atoms with Gasteiger partial charge in [0.15, 0.2) is 5.75 Å². The normalized spacial score (nSPS) is 10.0. The lowest BCUT2D eigenvalue weighted by Gasteiger charge is -2.12. The number of ether oxygens (including phenoxy) is 1. The van der Waals surface area contributed by atoms with E-state index in [1.807, 2.05) is 31.2 Å². The van der Waals surface area contributed by atoms with Crippen molar-refractivity contribution in [3.8, 4) is 5.75 Å². The number of benzene rings is 2. The number of nitro benzene ring substituents is 1. The summed E-state index contributed by atoms with van der Waals surface area (Å²) in [6, 6.07) is 11.7. The molecule has 0 unspecified atom stereocenters. The van der Waals surface area contributed by atoms with Gasteiger partial charge in [0, 0.05) is 23.3 Å². The van der Waals surface area contributed by atoms with Crippen molar-refractivity contribution < 1.29 is 14.5 Å². The molecule has 0 fully saturated rings. The Hall–Kier alpha value is -2.35. The van der Waals surface area contributed by atoms with Crippen LogP contribution < -0.4 is 15.4 Å². The van der Waals surface area contributed by atoms with Crippen LogP contribution in [0.25, 0.3) is 0 Å². The number of nitro groups is 1. The number of nitrogens with zero attached hydrogens (tertiary/aromatic N) is 1. The lowest BCUT2D eigenvalue weighted by Crippen LogP contribution is -2.18. The highest BCUT2D eigenvalue weighted by molar-refractivity contribution is 6.30. The van der Waals surface area contributed by atoms with E-state index in [-0.39, 0.29) is 47.8 Å². The van der Waals surface area contributed by atoms with E-state index >= 15 is 0 Å². The fraction of sp³-hybridized carbons (Fsp3) is 0.278. The van der Waals surface area contributed by atoms with E-state index in [0.717, 1.165) is 17.8 Å². The van der Waals surface area contributed by atoms with Crippen LogP contribution >= 0.6 is 24.0 Å². The van der Waals surface area contributed by atoms with Crippen molar-refractivity contribution in [1.29, 1.82) is 0 Å². The van der Waals surface area contributed by atoms with Crippen LogP contribution in [0.5, 0.6) is 5.75 Å². The van der Waals surface area contributed by atoms with Gasteiger partial charge in [-0.2, -0.15) is 0 Å². The van der Waals surface area contributed by atoms with Gasteiger partial charge in [0.25, 0.3) is 0 Å². The molecule has 0 heterocycles. The van der Waals surface area contributed by atoms with Crippen molar-refractivity contribution in [3.05, 3.63) is 63.2 Å². The van der Waals surface area contributed by atoms with Crippen LogP contribution in [0.1, 0.15) is 18.9 Å². The molecule has 0 aliphatic carbocycles. The smallest absolute Gasteiger partial charge is 0.312 e. The number of amides is 1. The summed E-state index contributed by atoms with van der Waals surface area (Å²) >= 11 is 5.76. The fourth-order valence-corrected chi connectivity index (χ4v) is 2.44. The third-order valence-electron chi connectivity index (χ3n) is 3.56. The molecule has 0 atom stereocenters. The Morgan fingerprint density at radius 2 is 2.00 bits per heavy atom. The van der Waals surface area contributed by atoms with E-state index in [0.29, 0.717) is 6.54 Å². The first-order chi connectivity index (χ1) is 12.5. The molecule has 9 heteroatoms. The molecule has 0 saturated carbocycles. The van der Waals surface area contributed by atoms with Gasteiger partial charge in [-0.15, -0.1) is 12.4 Å². The van der Waals surface area contributed by atoms with Crippen molar-refractivity contribution >= 4 is 41.3 Å². The van der Waals surface area contributed by atoms with Crippen LogP contribution in [0.3, 0.4) is 0 Å². The van der Waals surface area contributed by atoms with Gasteiger partial charge in [-0.05, 0) is 30.3 Å². The largest absolute Gasteiger partial charge is 0.486 e. The average molecular weight is 414 g/mol. The summed E-state index contributed by atoms with van der Waals surface area (Å²) in [5, 5.41) is 17.3. The summed E-state index contributed by atoms with van der Waals surface area (Å²) in [4.78, 5) is 22.6. The first kappa shape index (κ1) is 22.7. The van der Waals surface area contributed by atoms with Gasteiger partial charge in [-0.1, -0.05) is 36.7 Å². The lowest BCUT2D eigenvalue weighted by molar-refractivity contribution is -0.385. The van der Waals surface area contributed by atoms with Crippen LogP contribution in [-0.2, 0) is 11.3 Å². The van der Waals surface area contributed by atoms with Gasteiger partial charge in [0.05, 0.1) is 18.0 Å². The third-order valence-corrected chi connectivity index (χ3v) is 3.80. The minimum Gasteiger partial charge on any atom is -0.486 e. The zero-order valence-electron chi connectivity index (χ0n) is 14.7. The molecule has 0 bridgehead atoms. The first-order valence-corrected chi connectivity index (χ1v) is 8.54. The summed E-state index contributed by atoms with van der Waals surface area (Å²) in [5.74, 6) is -0.148. The Labute approximate surface area is 168 Å². The quantitative estimate of drug-likeness (QED) is 0.474. The molecule has 0 spiro atoms. The predicted molar refractivity (Wildman–Crippen MR) is 108 cm³/mol. The molecule has 27 heavy (non-hydrogen) atoms. The van der Waals surface area contributed by atoms with Crippen molar-refractivity contribution in [2.45, 2.75) is 19.9 Å². The van der Waals surface area contributed by atoms with E-state index in [9.17, 15) is 14.9 Å². The Morgan fingerprint density at radius 1 is 1.26 bits per heavy atom. The first-order valence-electron chi connectivity index (χ1n) is 8.16. The predicted octanol–water partition coefficient (Wildman–Crippen LogP) is 4.19. The number of para-hydroxylation sites is 1. The molecule has 0 radical (unpaired) electrons. The van der Waals surface area contributed by atoms with Gasteiger partial charge in [-0.25, -0.2) is 0 Å². The number of halogens is 2. The van der Waals surface area contributed by atoms with Crippen LogP contribution in [0.4, 0.5) is 11.4 Å². The van der Waals surface area contributed by atoms with E-state index in [2.05, 4.69) is 10.6 Å². The molecule has 1 amide bonds. The summed E-state index contributed by atoms with van der Waals surface area (Å²) in [5.41, 5.74) is 1.49. The molecule has 0 aliphatic rings. The second kappa shape index (κ2) is 11.4. The lowest BCUT2D eigenvalue weighted by atomic mass is 10.1. The molecule has 0 saturated heterocycles. The molecule has 2 aromatic carbocycles. The van der Waals surface area contributed by atoms with E-state index in [4.69, 9.17) is 16.3 Å². The Morgan fingerprint density at radius 3 is 2.70 bits per heavy atom. The van der Waals surface area contributed by atoms with Crippen molar-refractivity contribution in [3.63, 3.8) is 0 Å². The van der Waals surface area contributed by atoms with Crippen molar-refractivity contribution in [2.24, 2.45) is 0 Å². The van der Waals surface area contributed by atoms with Gasteiger partial charge in [0.2, 0.25) is 5.91 Å². The topological polar surface area (TPSA) is 93.5 Å². The Balaban J connectivity index is 0.00000364. The molecule has 2 N–H and O–H groups in total. The van der Waals surface area contributed by atoms with Gasteiger partial charge in [0.1, 0.15) is 0 Å².